The number of hydrogen-bond donors (Lipinski definition) is 0. The zero-order chi connectivity index (χ0) is 18.8. The Morgan fingerprint density at radius 2 is 1.88 bits per heavy atom. The smallest absolute Gasteiger partial charge is 0.259 e. The topological polar surface area (TPSA) is 57.0 Å². The molecule has 0 aliphatic heterocycles. The van der Waals surface area contributed by atoms with Gasteiger partial charge in [-0.1, -0.05) is 11.6 Å². The van der Waals surface area contributed by atoms with E-state index in [0.29, 0.717) is 11.4 Å². The number of ether oxygens (including phenoxy) is 1. The van der Waals surface area contributed by atoms with Crippen LogP contribution in [-0.4, -0.2) is 14.5 Å². The van der Waals surface area contributed by atoms with Crippen LogP contribution in [-0.2, 0) is 6.61 Å². The Kier molecular flexibility index (Phi) is 4.99. The summed E-state index contributed by atoms with van der Waals surface area (Å²) in [4.78, 5) is 20.1. The van der Waals surface area contributed by atoms with Crippen LogP contribution in [0.2, 0.25) is 5.15 Å². The van der Waals surface area contributed by atoms with E-state index in [9.17, 15) is 13.6 Å². The number of halogens is 3. The fourth-order valence-corrected chi connectivity index (χ4v) is 2.65. The summed E-state index contributed by atoms with van der Waals surface area (Å²) in [6.45, 7) is 3.33. The first-order valence-corrected chi connectivity index (χ1v) is 8.02. The quantitative estimate of drug-likeness (QED) is 0.650. The van der Waals surface area contributed by atoms with E-state index >= 15 is 0 Å². The molecule has 5 nitrogen and oxygen atoms in total. The highest BCUT2D eigenvalue weighted by Crippen LogP contribution is 2.20. The van der Waals surface area contributed by atoms with E-state index in [-0.39, 0.29) is 28.8 Å². The van der Waals surface area contributed by atoms with E-state index < -0.39 is 11.6 Å². The Bertz CT molecular complexity index is 1040. The number of hydrogen-bond acceptors (Lipinski definition) is 4. The average molecular weight is 378 g/mol. The highest BCUT2D eigenvalue weighted by molar-refractivity contribution is 6.29. The monoisotopic (exact) mass is 377 g/mol. The lowest BCUT2D eigenvalue weighted by molar-refractivity contribution is 0.292. The van der Waals surface area contributed by atoms with Crippen molar-refractivity contribution < 1.29 is 13.5 Å². The predicted octanol–water partition coefficient (Wildman–Crippen LogP) is 3.75. The minimum Gasteiger partial charge on any atom is -0.487 e. The lowest BCUT2D eigenvalue weighted by atomic mass is 10.2. The number of rotatable bonds is 4. The molecule has 0 unspecified atom stereocenters. The van der Waals surface area contributed by atoms with Gasteiger partial charge in [0.05, 0.1) is 11.9 Å². The van der Waals surface area contributed by atoms with Crippen LogP contribution in [0.1, 0.15) is 17.0 Å². The Morgan fingerprint density at radius 1 is 1.12 bits per heavy atom. The molecular formula is C18H14ClF2N3O2. The van der Waals surface area contributed by atoms with Crippen molar-refractivity contribution in [3.8, 4) is 11.4 Å². The van der Waals surface area contributed by atoms with Gasteiger partial charge in [0.25, 0.3) is 5.56 Å². The summed E-state index contributed by atoms with van der Waals surface area (Å²) in [5.74, 6) is -1.32. The molecule has 0 bridgehead atoms. The largest absolute Gasteiger partial charge is 0.487 e. The summed E-state index contributed by atoms with van der Waals surface area (Å²) in [7, 11) is 0. The van der Waals surface area contributed by atoms with E-state index in [2.05, 4.69) is 9.97 Å². The normalized spacial score (nSPS) is 10.8. The molecular weight excluding hydrogens is 364 g/mol. The molecule has 0 fully saturated rings. The molecule has 0 atom stereocenters. The van der Waals surface area contributed by atoms with E-state index in [1.54, 1.807) is 25.3 Å². The van der Waals surface area contributed by atoms with Gasteiger partial charge in [0, 0.05) is 30.1 Å². The van der Waals surface area contributed by atoms with Crippen LogP contribution in [0.3, 0.4) is 0 Å². The highest BCUT2D eigenvalue weighted by Gasteiger charge is 2.12. The highest BCUT2D eigenvalue weighted by atomic mass is 35.5. The number of nitrogens with zero attached hydrogens (tertiary/aromatic N) is 3. The minimum atomic E-state index is -0.808. The van der Waals surface area contributed by atoms with Gasteiger partial charge in [-0.25, -0.2) is 13.8 Å². The average Bonchev–Trinajstić information content (AvgIpc) is 2.56. The maximum Gasteiger partial charge on any atom is 0.259 e. The molecule has 0 saturated heterocycles. The van der Waals surface area contributed by atoms with E-state index in [4.69, 9.17) is 16.3 Å². The SMILES string of the molecule is Cc1cnc(Cl)cc1-n1c(C)cc(OCc2ncc(F)cc2F)cc1=O. The van der Waals surface area contributed by atoms with Crippen molar-refractivity contribution in [3.05, 3.63) is 80.8 Å². The van der Waals surface area contributed by atoms with Gasteiger partial charge in [-0.05, 0) is 25.5 Å². The Balaban J connectivity index is 1.90. The molecule has 0 saturated carbocycles. The zero-order valence-corrected chi connectivity index (χ0v) is 14.7. The van der Waals surface area contributed by atoms with Crippen molar-refractivity contribution in [2.24, 2.45) is 0 Å². The van der Waals surface area contributed by atoms with Crippen molar-refractivity contribution in [3.63, 3.8) is 0 Å². The molecule has 134 valence electrons. The molecule has 0 amide bonds. The van der Waals surface area contributed by atoms with Crippen LogP contribution < -0.4 is 10.3 Å². The molecule has 26 heavy (non-hydrogen) atoms. The predicted molar refractivity (Wildman–Crippen MR) is 92.8 cm³/mol. The molecule has 0 aliphatic carbocycles. The van der Waals surface area contributed by atoms with Gasteiger partial charge in [0.15, 0.2) is 5.82 Å². The van der Waals surface area contributed by atoms with E-state index in [1.807, 2.05) is 6.92 Å². The molecule has 0 N–H and O–H groups in total. The maximum atomic E-state index is 13.6. The Labute approximate surface area is 152 Å². The van der Waals surface area contributed by atoms with Gasteiger partial charge < -0.3 is 4.74 Å². The van der Waals surface area contributed by atoms with Gasteiger partial charge in [-0.2, -0.15) is 0 Å². The molecule has 3 aromatic heterocycles. The second kappa shape index (κ2) is 7.21. The molecule has 8 heteroatoms. The minimum absolute atomic E-state index is 0.0509. The molecule has 0 radical (unpaired) electrons. The van der Waals surface area contributed by atoms with Crippen LogP contribution in [0.4, 0.5) is 8.78 Å². The second-order valence-corrected chi connectivity index (χ2v) is 6.06. The van der Waals surface area contributed by atoms with Crippen molar-refractivity contribution in [2.75, 3.05) is 0 Å². The van der Waals surface area contributed by atoms with Crippen LogP contribution in [0.25, 0.3) is 5.69 Å². The lowest BCUT2D eigenvalue weighted by Gasteiger charge is -2.14. The third-order valence-corrected chi connectivity index (χ3v) is 3.94. The van der Waals surface area contributed by atoms with Gasteiger partial charge in [0.1, 0.15) is 29.0 Å². The number of aromatic nitrogens is 3. The standard InChI is InChI=1S/C18H14ClF2N3O2/c1-10-7-23-17(19)6-16(10)24-11(2)3-13(5-18(24)25)26-9-15-14(21)4-12(20)8-22-15/h3-8H,9H2,1-2H3. The molecule has 3 aromatic rings. The first-order chi connectivity index (χ1) is 12.3. The lowest BCUT2D eigenvalue weighted by Crippen LogP contribution is -2.21. The number of aryl methyl sites for hydroxylation is 2. The first kappa shape index (κ1) is 18.0. The molecule has 0 aromatic carbocycles. The molecule has 3 rings (SSSR count). The maximum absolute atomic E-state index is 13.6. The number of pyridine rings is 3. The third-order valence-electron chi connectivity index (χ3n) is 3.73. The van der Waals surface area contributed by atoms with Crippen LogP contribution in [0, 0.1) is 25.5 Å². The summed E-state index contributed by atoms with van der Waals surface area (Å²) in [5.41, 5.74) is 1.62. The summed E-state index contributed by atoms with van der Waals surface area (Å²) in [5, 5.41) is 0.273. The van der Waals surface area contributed by atoms with E-state index in [1.165, 1.54) is 10.6 Å². The zero-order valence-electron chi connectivity index (χ0n) is 14.0. The molecule has 0 aliphatic rings. The summed E-state index contributed by atoms with van der Waals surface area (Å²) >= 11 is 5.93. The molecule has 3 heterocycles. The van der Waals surface area contributed by atoms with Crippen LogP contribution >= 0.6 is 11.6 Å². The Hall–Kier alpha value is -2.80. The summed E-state index contributed by atoms with van der Waals surface area (Å²) < 4.78 is 33.4. The van der Waals surface area contributed by atoms with Crippen LogP contribution in [0.5, 0.6) is 5.75 Å². The van der Waals surface area contributed by atoms with Gasteiger partial charge >= 0.3 is 0 Å². The van der Waals surface area contributed by atoms with Gasteiger partial charge in [-0.3, -0.25) is 14.3 Å². The summed E-state index contributed by atoms with van der Waals surface area (Å²) in [6.07, 6.45) is 2.48. The third kappa shape index (κ3) is 3.72. The Morgan fingerprint density at radius 3 is 2.58 bits per heavy atom. The van der Waals surface area contributed by atoms with Crippen molar-refractivity contribution in [2.45, 2.75) is 20.5 Å². The van der Waals surface area contributed by atoms with Crippen molar-refractivity contribution >= 4 is 11.6 Å². The fraction of sp³-hybridized carbons (Fsp3) is 0.167. The second-order valence-electron chi connectivity index (χ2n) is 5.67. The van der Waals surface area contributed by atoms with Crippen LogP contribution in [0.15, 0.2) is 41.5 Å². The fourth-order valence-electron chi connectivity index (χ4n) is 2.49. The first-order valence-electron chi connectivity index (χ1n) is 7.64. The molecule has 0 spiro atoms. The van der Waals surface area contributed by atoms with Crippen molar-refractivity contribution in [1.82, 2.24) is 14.5 Å². The van der Waals surface area contributed by atoms with E-state index in [0.717, 1.165) is 17.8 Å². The van der Waals surface area contributed by atoms with Crippen molar-refractivity contribution in [1.29, 1.82) is 0 Å². The summed E-state index contributed by atoms with van der Waals surface area (Å²) in [6, 6.07) is 5.24. The van der Waals surface area contributed by atoms with Gasteiger partial charge in [0.2, 0.25) is 0 Å². The van der Waals surface area contributed by atoms with Gasteiger partial charge in [-0.15, -0.1) is 0 Å².